The minimum absolute atomic E-state index is 0.172. The van der Waals surface area contributed by atoms with E-state index >= 15 is 0 Å². The van der Waals surface area contributed by atoms with Crippen LogP contribution in [0, 0.1) is 0 Å². The third-order valence-electron chi connectivity index (χ3n) is 3.14. The standard InChI is InChI=1S/C18H20O5/c1-3-18(19)23-13-12-22-17-9-8-16(21-11-10-20-2)14-6-4-5-7-15(14)17/h3-9H,1,10-13H2,2H3. The highest BCUT2D eigenvalue weighted by molar-refractivity contribution is 5.93. The molecule has 0 saturated heterocycles. The molecule has 2 aromatic carbocycles. The lowest BCUT2D eigenvalue weighted by molar-refractivity contribution is -0.138. The first-order valence-corrected chi connectivity index (χ1v) is 7.31. The highest BCUT2D eigenvalue weighted by Gasteiger charge is 2.08. The quantitative estimate of drug-likeness (QED) is 0.404. The van der Waals surface area contributed by atoms with E-state index in [0.717, 1.165) is 22.6 Å². The van der Waals surface area contributed by atoms with E-state index in [9.17, 15) is 4.79 Å². The Labute approximate surface area is 135 Å². The molecule has 0 unspecified atom stereocenters. The molecule has 0 fully saturated rings. The summed E-state index contributed by atoms with van der Waals surface area (Å²) in [5, 5.41) is 1.90. The second-order valence-corrected chi connectivity index (χ2v) is 4.67. The third kappa shape index (κ3) is 4.72. The third-order valence-corrected chi connectivity index (χ3v) is 3.14. The first-order chi connectivity index (χ1) is 11.3. The maximum Gasteiger partial charge on any atom is 0.330 e. The molecule has 0 aromatic heterocycles. The summed E-state index contributed by atoms with van der Waals surface area (Å²) < 4.78 is 21.3. The lowest BCUT2D eigenvalue weighted by Crippen LogP contribution is -2.10. The largest absolute Gasteiger partial charge is 0.491 e. The van der Waals surface area contributed by atoms with E-state index in [1.807, 2.05) is 36.4 Å². The highest BCUT2D eigenvalue weighted by Crippen LogP contribution is 2.33. The van der Waals surface area contributed by atoms with Crippen molar-refractivity contribution in [3.05, 3.63) is 49.1 Å². The van der Waals surface area contributed by atoms with Gasteiger partial charge in [-0.3, -0.25) is 0 Å². The van der Waals surface area contributed by atoms with E-state index in [1.54, 1.807) is 7.11 Å². The fourth-order valence-electron chi connectivity index (χ4n) is 2.08. The Morgan fingerprint density at radius 1 is 0.957 bits per heavy atom. The lowest BCUT2D eigenvalue weighted by atomic mass is 10.1. The predicted molar refractivity (Wildman–Crippen MR) is 88.0 cm³/mol. The zero-order chi connectivity index (χ0) is 16.5. The molecule has 122 valence electrons. The summed E-state index contributed by atoms with van der Waals surface area (Å²) in [6.07, 6.45) is 1.13. The lowest BCUT2D eigenvalue weighted by Gasteiger charge is -2.13. The molecule has 0 amide bonds. The Balaban J connectivity index is 2.07. The van der Waals surface area contributed by atoms with Gasteiger partial charge in [-0.05, 0) is 12.1 Å². The smallest absolute Gasteiger partial charge is 0.330 e. The van der Waals surface area contributed by atoms with Crippen molar-refractivity contribution in [1.29, 1.82) is 0 Å². The van der Waals surface area contributed by atoms with Gasteiger partial charge in [-0.2, -0.15) is 0 Å². The Kier molecular flexibility index (Phi) is 6.44. The molecule has 0 atom stereocenters. The summed E-state index contributed by atoms with van der Waals surface area (Å²) in [7, 11) is 1.64. The van der Waals surface area contributed by atoms with Crippen molar-refractivity contribution in [2.24, 2.45) is 0 Å². The number of rotatable bonds is 9. The molecule has 2 rings (SSSR count). The van der Waals surface area contributed by atoms with Crippen LogP contribution in [0.25, 0.3) is 10.8 Å². The van der Waals surface area contributed by atoms with Crippen LogP contribution in [0.5, 0.6) is 11.5 Å². The van der Waals surface area contributed by atoms with Crippen LogP contribution in [0.4, 0.5) is 0 Å². The molecular weight excluding hydrogens is 296 g/mol. The molecule has 2 aromatic rings. The number of carbonyl (C=O) groups excluding carboxylic acids is 1. The summed E-state index contributed by atoms with van der Waals surface area (Å²) in [4.78, 5) is 11.0. The number of methoxy groups -OCH3 is 1. The van der Waals surface area contributed by atoms with Crippen LogP contribution in [-0.2, 0) is 14.3 Å². The van der Waals surface area contributed by atoms with Gasteiger partial charge in [0.15, 0.2) is 0 Å². The minimum Gasteiger partial charge on any atom is -0.491 e. The number of benzene rings is 2. The van der Waals surface area contributed by atoms with Gasteiger partial charge in [-0.25, -0.2) is 4.79 Å². The molecular formula is C18H20O5. The molecule has 0 aliphatic rings. The molecule has 0 aliphatic carbocycles. The van der Waals surface area contributed by atoms with Crippen molar-refractivity contribution < 1.29 is 23.7 Å². The van der Waals surface area contributed by atoms with Gasteiger partial charge in [0.2, 0.25) is 0 Å². The van der Waals surface area contributed by atoms with Gasteiger partial charge >= 0.3 is 5.97 Å². The van der Waals surface area contributed by atoms with Crippen LogP contribution in [-0.4, -0.2) is 39.5 Å². The number of fused-ring (bicyclic) bond motifs is 1. The number of ether oxygens (including phenoxy) is 4. The zero-order valence-corrected chi connectivity index (χ0v) is 13.1. The monoisotopic (exact) mass is 316 g/mol. The molecule has 0 radical (unpaired) electrons. The van der Waals surface area contributed by atoms with Crippen molar-refractivity contribution in [2.75, 3.05) is 33.5 Å². The van der Waals surface area contributed by atoms with Gasteiger partial charge in [0.1, 0.15) is 31.3 Å². The van der Waals surface area contributed by atoms with Crippen molar-refractivity contribution in [3.63, 3.8) is 0 Å². The Morgan fingerprint density at radius 2 is 1.52 bits per heavy atom. The van der Waals surface area contributed by atoms with Crippen molar-refractivity contribution in [1.82, 2.24) is 0 Å². The average Bonchev–Trinajstić information content (AvgIpc) is 2.59. The van der Waals surface area contributed by atoms with Gasteiger partial charge in [-0.1, -0.05) is 30.8 Å². The Bertz CT molecular complexity index is 666. The summed E-state index contributed by atoms with van der Waals surface area (Å²) in [5.74, 6) is 1.04. The Hall–Kier alpha value is -2.53. The molecule has 0 bridgehead atoms. The number of hydrogen-bond donors (Lipinski definition) is 0. The summed E-state index contributed by atoms with van der Waals surface area (Å²) in [6.45, 7) is 4.80. The van der Waals surface area contributed by atoms with E-state index in [4.69, 9.17) is 18.9 Å². The second kappa shape index (κ2) is 8.80. The summed E-state index contributed by atoms with van der Waals surface area (Å²) in [6, 6.07) is 11.5. The van der Waals surface area contributed by atoms with E-state index in [2.05, 4.69) is 6.58 Å². The summed E-state index contributed by atoms with van der Waals surface area (Å²) >= 11 is 0. The number of hydrogen-bond acceptors (Lipinski definition) is 5. The van der Waals surface area contributed by atoms with Gasteiger partial charge in [-0.15, -0.1) is 0 Å². The van der Waals surface area contributed by atoms with E-state index < -0.39 is 5.97 Å². The van der Waals surface area contributed by atoms with Gasteiger partial charge in [0.05, 0.1) is 6.61 Å². The molecule has 5 nitrogen and oxygen atoms in total. The normalized spacial score (nSPS) is 10.3. The second-order valence-electron chi connectivity index (χ2n) is 4.67. The zero-order valence-electron chi connectivity index (χ0n) is 13.1. The van der Waals surface area contributed by atoms with E-state index in [0.29, 0.717) is 19.0 Å². The van der Waals surface area contributed by atoms with Gasteiger partial charge < -0.3 is 18.9 Å². The fraction of sp³-hybridized carbons (Fsp3) is 0.278. The summed E-state index contributed by atoms with van der Waals surface area (Å²) in [5.41, 5.74) is 0. The SMILES string of the molecule is C=CC(=O)OCCOc1ccc(OCCOC)c2ccccc12. The van der Waals surface area contributed by atoms with Crippen molar-refractivity contribution in [3.8, 4) is 11.5 Å². The van der Waals surface area contributed by atoms with E-state index in [-0.39, 0.29) is 13.2 Å². The number of carbonyl (C=O) groups is 1. The van der Waals surface area contributed by atoms with Crippen molar-refractivity contribution >= 4 is 16.7 Å². The molecule has 23 heavy (non-hydrogen) atoms. The van der Waals surface area contributed by atoms with Crippen molar-refractivity contribution in [2.45, 2.75) is 0 Å². The molecule has 0 saturated carbocycles. The van der Waals surface area contributed by atoms with Crippen LogP contribution in [0.3, 0.4) is 0 Å². The predicted octanol–water partition coefficient (Wildman–Crippen LogP) is 2.97. The van der Waals surface area contributed by atoms with Crippen LogP contribution >= 0.6 is 0 Å². The molecule has 0 spiro atoms. The average molecular weight is 316 g/mol. The van der Waals surface area contributed by atoms with Gasteiger partial charge in [0.25, 0.3) is 0 Å². The molecule has 0 N–H and O–H groups in total. The van der Waals surface area contributed by atoms with Gasteiger partial charge in [0, 0.05) is 24.0 Å². The van der Waals surface area contributed by atoms with Crippen LogP contribution in [0.1, 0.15) is 0 Å². The first kappa shape index (κ1) is 16.8. The first-order valence-electron chi connectivity index (χ1n) is 7.31. The van der Waals surface area contributed by atoms with E-state index in [1.165, 1.54) is 0 Å². The van der Waals surface area contributed by atoms with Crippen LogP contribution in [0.2, 0.25) is 0 Å². The topological polar surface area (TPSA) is 54.0 Å². The molecule has 5 heteroatoms. The maximum atomic E-state index is 11.0. The van der Waals surface area contributed by atoms with Crippen LogP contribution < -0.4 is 9.47 Å². The highest BCUT2D eigenvalue weighted by atomic mass is 16.6. The Morgan fingerprint density at radius 3 is 2.04 bits per heavy atom. The molecule has 0 heterocycles. The maximum absolute atomic E-state index is 11.0. The minimum atomic E-state index is -0.458. The fourth-order valence-corrected chi connectivity index (χ4v) is 2.08. The molecule has 0 aliphatic heterocycles. The number of esters is 1. The van der Waals surface area contributed by atoms with Crippen LogP contribution in [0.15, 0.2) is 49.1 Å².